The molecule has 1 saturated heterocycles. The minimum absolute atomic E-state index is 0.00529. The summed E-state index contributed by atoms with van der Waals surface area (Å²) in [7, 11) is 0. The lowest BCUT2D eigenvalue weighted by atomic mass is 10.1. The van der Waals surface area contributed by atoms with Crippen LogP contribution < -0.4 is 9.64 Å². The first-order valence-electron chi connectivity index (χ1n) is 9.54. The normalized spacial score (nSPS) is 13.8. The van der Waals surface area contributed by atoms with E-state index in [9.17, 15) is 19.7 Å². The van der Waals surface area contributed by atoms with Crippen molar-refractivity contribution in [2.75, 3.05) is 37.7 Å². The van der Waals surface area contributed by atoms with Gasteiger partial charge in [0.15, 0.2) is 0 Å². The maximum Gasteiger partial charge on any atom is 0.293 e. The summed E-state index contributed by atoms with van der Waals surface area (Å²) in [4.78, 5) is 37.9. The smallest absolute Gasteiger partial charge is 0.293 e. The van der Waals surface area contributed by atoms with Crippen LogP contribution in [-0.4, -0.2) is 54.8 Å². The summed E-state index contributed by atoms with van der Waals surface area (Å²) < 4.78 is 6.68. The quantitative estimate of drug-likeness (QED) is 0.345. The summed E-state index contributed by atoms with van der Waals surface area (Å²) in [5.74, 6) is 0.716. The summed E-state index contributed by atoms with van der Waals surface area (Å²) in [5, 5.41) is 11.4. The molecule has 2 aromatic rings. The maximum absolute atomic E-state index is 12.5. The van der Waals surface area contributed by atoms with E-state index < -0.39 is 4.92 Å². The van der Waals surface area contributed by atoms with Gasteiger partial charge in [-0.05, 0) is 42.8 Å². The van der Waals surface area contributed by atoms with Crippen molar-refractivity contribution >= 4 is 39.5 Å². The molecule has 0 unspecified atom stereocenters. The zero-order chi connectivity index (χ0) is 21.7. The molecule has 1 amide bonds. The number of anilines is 1. The van der Waals surface area contributed by atoms with Gasteiger partial charge in [-0.3, -0.25) is 19.7 Å². The van der Waals surface area contributed by atoms with E-state index in [0.717, 1.165) is 15.8 Å². The van der Waals surface area contributed by atoms with Gasteiger partial charge in [0.05, 0.1) is 18.0 Å². The average Bonchev–Trinajstić information content (AvgIpc) is 2.75. The summed E-state index contributed by atoms with van der Waals surface area (Å²) in [5.41, 5.74) is 1.69. The first kappa shape index (κ1) is 21.8. The standard InChI is InChI=1S/C21H22BrN3O5/c1-15-12-17(3-4-18(15)22)30-11-6-21(27)24-9-7-23(8-10-24)19-5-2-16(14-26)13-20(19)25(28)29/h2-5,12-14H,6-11H2,1H3. The van der Waals surface area contributed by atoms with Crippen molar-refractivity contribution in [3.05, 3.63) is 62.1 Å². The molecule has 158 valence electrons. The number of hydrogen-bond acceptors (Lipinski definition) is 6. The van der Waals surface area contributed by atoms with Crippen LogP contribution in [0.2, 0.25) is 0 Å². The summed E-state index contributed by atoms with van der Waals surface area (Å²) in [6, 6.07) is 10.1. The van der Waals surface area contributed by atoms with Crippen molar-refractivity contribution in [2.24, 2.45) is 0 Å². The van der Waals surface area contributed by atoms with E-state index in [1.165, 1.54) is 6.07 Å². The molecule has 30 heavy (non-hydrogen) atoms. The van der Waals surface area contributed by atoms with Gasteiger partial charge >= 0.3 is 0 Å². The van der Waals surface area contributed by atoms with E-state index in [-0.39, 0.29) is 23.6 Å². The van der Waals surface area contributed by atoms with Crippen LogP contribution in [0, 0.1) is 17.0 Å². The summed E-state index contributed by atoms with van der Waals surface area (Å²) in [6.45, 7) is 4.18. The topological polar surface area (TPSA) is 93.0 Å². The Morgan fingerprint density at radius 2 is 1.93 bits per heavy atom. The molecule has 9 heteroatoms. The highest BCUT2D eigenvalue weighted by molar-refractivity contribution is 9.10. The molecule has 0 radical (unpaired) electrons. The number of amides is 1. The van der Waals surface area contributed by atoms with E-state index in [1.807, 2.05) is 30.0 Å². The number of aldehydes is 1. The predicted octanol–water partition coefficient (Wildman–Crippen LogP) is 3.60. The molecule has 0 N–H and O–H groups in total. The number of rotatable bonds is 7. The molecule has 2 aromatic carbocycles. The third-order valence-corrected chi connectivity index (χ3v) is 5.91. The number of piperazine rings is 1. The molecule has 3 rings (SSSR count). The Balaban J connectivity index is 1.52. The number of nitro benzene ring substituents is 1. The van der Waals surface area contributed by atoms with Gasteiger partial charge < -0.3 is 14.5 Å². The molecule has 1 heterocycles. The third-order valence-electron chi connectivity index (χ3n) is 5.02. The largest absolute Gasteiger partial charge is 0.493 e. The lowest BCUT2D eigenvalue weighted by molar-refractivity contribution is -0.384. The molecule has 0 spiro atoms. The Bertz CT molecular complexity index is 958. The third kappa shape index (κ3) is 5.15. The first-order chi connectivity index (χ1) is 14.4. The van der Waals surface area contributed by atoms with Crippen LogP contribution >= 0.6 is 15.9 Å². The number of nitrogens with zero attached hydrogens (tertiary/aromatic N) is 3. The number of benzene rings is 2. The molecule has 0 aromatic heterocycles. The van der Waals surface area contributed by atoms with Gasteiger partial charge in [0, 0.05) is 42.3 Å². The van der Waals surface area contributed by atoms with Crippen molar-refractivity contribution in [2.45, 2.75) is 13.3 Å². The monoisotopic (exact) mass is 475 g/mol. The number of carbonyl (C=O) groups is 2. The lowest BCUT2D eigenvalue weighted by Crippen LogP contribution is -2.49. The summed E-state index contributed by atoms with van der Waals surface area (Å²) in [6.07, 6.45) is 0.855. The molecule has 1 aliphatic heterocycles. The van der Waals surface area contributed by atoms with Gasteiger partial charge in [0.2, 0.25) is 5.91 Å². The number of carbonyl (C=O) groups excluding carboxylic acids is 2. The minimum atomic E-state index is -0.485. The molecule has 1 fully saturated rings. The van der Waals surface area contributed by atoms with Gasteiger partial charge in [-0.25, -0.2) is 0 Å². The highest BCUT2D eigenvalue weighted by atomic mass is 79.9. The Morgan fingerprint density at radius 1 is 1.20 bits per heavy atom. The number of hydrogen-bond donors (Lipinski definition) is 0. The molecule has 0 saturated carbocycles. The van der Waals surface area contributed by atoms with Crippen LogP contribution in [0.15, 0.2) is 40.9 Å². The second kappa shape index (κ2) is 9.71. The van der Waals surface area contributed by atoms with Gasteiger partial charge in [-0.2, -0.15) is 0 Å². The zero-order valence-electron chi connectivity index (χ0n) is 16.5. The van der Waals surface area contributed by atoms with Crippen LogP contribution in [0.5, 0.6) is 5.75 Å². The Kier molecular flexibility index (Phi) is 7.04. The fourth-order valence-corrected chi connectivity index (χ4v) is 3.59. The van der Waals surface area contributed by atoms with E-state index >= 15 is 0 Å². The Morgan fingerprint density at radius 3 is 2.57 bits per heavy atom. The second-order valence-electron chi connectivity index (χ2n) is 7.00. The maximum atomic E-state index is 12.5. The second-order valence-corrected chi connectivity index (χ2v) is 7.85. The number of halogens is 1. The van der Waals surface area contributed by atoms with Crippen molar-refractivity contribution in [1.29, 1.82) is 0 Å². The molecule has 8 nitrogen and oxygen atoms in total. The van der Waals surface area contributed by atoms with Crippen molar-refractivity contribution in [3.8, 4) is 5.75 Å². The van der Waals surface area contributed by atoms with Crippen LogP contribution in [0.3, 0.4) is 0 Å². The zero-order valence-corrected chi connectivity index (χ0v) is 18.1. The van der Waals surface area contributed by atoms with Crippen molar-refractivity contribution < 1.29 is 19.2 Å². The highest BCUT2D eigenvalue weighted by Crippen LogP contribution is 2.30. The van der Waals surface area contributed by atoms with E-state index in [4.69, 9.17) is 4.74 Å². The van der Waals surface area contributed by atoms with E-state index in [2.05, 4.69) is 15.9 Å². The lowest BCUT2D eigenvalue weighted by Gasteiger charge is -2.35. The average molecular weight is 476 g/mol. The fraction of sp³-hybridized carbons (Fsp3) is 0.333. The van der Waals surface area contributed by atoms with Crippen LogP contribution in [-0.2, 0) is 4.79 Å². The van der Waals surface area contributed by atoms with E-state index in [0.29, 0.717) is 44.8 Å². The molecular weight excluding hydrogens is 454 g/mol. The van der Waals surface area contributed by atoms with Crippen LogP contribution in [0.25, 0.3) is 0 Å². The molecule has 0 atom stereocenters. The fourth-order valence-electron chi connectivity index (χ4n) is 3.35. The molecule has 0 bridgehead atoms. The van der Waals surface area contributed by atoms with Crippen LogP contribution in [0.1, 0.15) is 22.3 Å². The van der Waals surface area contributed by atoms with Crippen LogP contribution in [0.4, 0.5) is 11.4 Å². The molecule has 0 aliphatic carbocycles. The van der Waals surface area contributed by atoms with Crippen molar-refractivity contribution in [3.63, 3.8) is 0 Å². The minimum Gasteiger partial charge on any atom is -0.493 e. The number of aryl methyl sites for hydroxylation is 1. The number of ether oxygens (including phenoxy) is 1. The van der Waals surface area contributed by atoms with Gasteiger partial charge in [-0.15, -0.1) is 0 Å². The highest BCUT2D eigenvalue weighted by Gasteiger charge is 2.26. The van der Waals surface area contributed by atoms with Crippen molar-refractivity contribution in [1.82, 2.24) is 4.90 Å². The van der Waals surface area contributed by atoms with Gasteiger partial charge in [0.25, 0.3) is 5.69 Å². The summed E-state index contributed by atoms with van der Waals surface area (Å²) >= 11 is 3.44. The van der Waals surface area contributed by atoms with Gasteiger partial charge in [0.1, 0.15) is 17.7 Å². The predicted molar refractivity (Wildman–Crippen MR) is 116 cm³/mol. The Hall–Kier alpha value is -2.94. The van der Waals surface area contributed by atoms with Gasteiger partial charge in [-0.1, -0.05) is 15.9 Å². The Labute approximate surface area is 182 Å². The molecular formula is C21H22BrN3O5. The first-order valence-corrected chi connectivity index (χ1v) is 10.3. The molecule has 1 aliphatic rings. The van der Waals surface area contributed by atoms with E-state index in [1.54, 1.807) is 17.0 Å². The SMILES string of the molecule is Cc1cc(OCCC(=O)N2CCN(c3ccc(C=O)cc3[N+](=O)[O-])CC2)ccc1Br. The number of nitro groups is 1.